The summed E-state index contributed by atoms with van der Waals surface area (Å²) in [5.74, 6) is 0.818. The number of anilines is 1. The fourth-order valence-corrected chi connectivity index (χ4v) is 2.92. The van der Waals surface area contributed by atoms with Gasteiger partial charge in [-0.3, -0.25) is 0 Å². The van der Waals surface area contributed by atoms with Crippen molar-refractivity contribution in [1.82, 2.24) is 10.3 Å². The molecule has 19 heavy (non-hydrogen) atoms. The van der Waals surface area contributed by atoms with Crippen molar-refractivity contribution in [3.63, 3.8) is 0 Å². The van der Waals surface area contributed by atoms with Crippen molar-refractivity contribution in [3.05, 3.63) is 12.0 Å². The number of rotatable bonds is 6. The maximum atomic E-state index is 5.60. The molecular weight excluding hydrogens is 238 g/mol. The highest BCUT2D eigenvalue weighted by Gasteiger charge is 2.21. The highest BCUT2D eigenvalue weighted by Crippen LogP contribution is 2.25. The summed E-state index contributed by atoms with van der Waals surface area (Å²) in [6, 6.07) is 1.50. The minimum atomic E-state index is 0.722. The molecule has 106 valence electrons. The van der Waals surface area contributed by atoms with Crippen LogP contribution in [0.4, 0.5) is 6.01 Å². The van der Waals surface area contributed by atoms with Crippen LogP contribution in [-0.4, -0.2) is 24.6 Å². The van der Waals surface area contributed by atoms with Gasteiger partial charge in [-0.15, -0.1) is 0 Å². The van der Waals surface area contributed by atoms with E-state index in [1.165, 1.54) is 44.9 Å². The lowest BCUT2D eigenvalue weighted by Gasteiger charge is -2.25. The van der Waals surface area contributed by atoms with Crippen LogP contribution in [0.5, 0.6) is 0 Å². The lowest BCUT2D eigenvalue weighted by Crippen LogP contribution is -2.27. The Morgan fingerprint density at radius 2 is 2.05 bits per heavy atom. The van der Waals surface area contributed by atoms with E-state index in [4.69, 9.17) is 4.42 Å². The summed E-state index contributed by atoms with van der Waals surface area (Å²) in [6.45, 7) is 1.92. The zero-order chi connectivity index (χ0) is 13.1. The third-order valence-corrected chi connectivity index (χ3v) is 4.27. The van der Waals surface area contributed by atoms with Gasteiger partial charge in [-0.25, -0.2) is 0 Å². The molecule has 0 saturated heterocycles. The summed E-state index contributed by atoms with van der Waals surface area (Å²) in [6.07, 6.45) is 11.3. The van der Waals surface area contributed by atoms with Gasteiger partial charge in [-0.2, -0.15) is 4.98 Å². The fourth-order valence-electron chi connectivity index (χ4n) is 2.92. The second-order valence-electron chi connectivity index (χ2n) is 6.16. The predicted molar refractivity (Wildman–Crippen MR) is 76.2 cm³/mol. The van der Waals surface area contributed by atoms with Crippen LogP contribution in [0, 0.1) is 5.92 Å². The van der Waals surface area contributed by atoms with Crippen LogP contribution in [-0.2, 0) is 6.54 Å². The van der Waals surface area contributed by atoms with Gasteiger partial charge in [0, 0.05) is 26.2 Å². The number of aromatic nitrogens is 1. The Balaban J connectivity index is 1.48. The van der Waals surface area contributed by atoms with E-state index in [9.17, 15) is 0 Å². The molecule has 1 aromatic rings. The van der Waals surface area contributed by atoms with Gasteiger partial charge in [0.15, 0.2) is 0 Å². The van der Waals surface area contributed by atoms with Gasteiger partial charge in [0.05, 0.1) is 5.69 Å². The Kier molecular flexibility index (Phi) is 4.06. The van der Waals surface area contributed by atoms with Gasteiger partial charge in [-0.05, 0) is 31.6 Å². The Morgan fingerprint density at radius 3 is 2.79 bits per heavy atom. The van der Waals surface area contributed by atoms with E-state index in [1.54, 1.807) is 6.26 Å². The summed E-state index contributed by atoms with van der Waals surface area (Å²) < 4.78 is 5.60. The normalized spacial score (nSPS) is 20.7. The van der Waals surface area contributed by atoms with Crippen LogP contribution >= 0.6 is 0 Å². The van der Waals surface area contributed by atoms with E-state index in [0.717, 1.165) is 36.8 Å². The molecule has 0 spiro atoms. The van der Waals surface area contributed by atoms with Crippen molar-refractivity contribution in [2.24, 2.45) is 5.92 Å². The molecule has 0 atom stereocenters. The maximum Gasteiger partial charge on any atom is 0.297 e. The molecule has 0 aliphatic heterocycles. The summed E-state index contributed by atoms with van der Waals surface area (Å²) in [5.41, 5.74) is 1.03. The average molecular weight is 263 g/mol. The van der Waals surface area contributed by atoms with Crippen molar-refractivity contribution >= 4 is 6.01 Å². The summed E-state index contributed by atoms with van der Waals surface area (Å²) in [5, 5.41) is 3.47. The number of nitrogens with one attached hydrogen (secondary N) is 1. The third-order valence-electron chi connectivity index (χ3n) is 4.27. The first kappa shape index (κ1) is 13.0. The minimum absolute atomic E-state index is 0.722. The molecule has 2 aliphatic carbocycles. The maximum absolute atomic E-state index is 5.60. The first-order chi connectivity index (χ1) is 9.31. The first-order valence-corrected chi connectivity index (χ1v) is 7.70. The lowest BCUT2D eigenvalue weighted by molar-refractivity contribution is 0.356. The number of nitrogens with zero attached hydrogens (tertiary/aromatic N) is 2. The van der Waals surface area contributed by atoms with E-state index in [-0.39, 0.29) is 0 Å². The molecule has 1 N–H and O–H groups in total. The van der Waals surface area contributed by atoms with Gasteiger partial charge < -0.3 is 14.6 Å². The Labute approximate surface area is 115 Å². The monoisotopic (exact) mass is 263 g/mol. The summed E-state index contributed by atoms with van der Waals surface area (Å²) in [7, 11) is 2.10. The van der Waals surface area contributed by atoms with E-state index >= 15 is 0 Å². The molecule has 0 unspecified atom stereocenters. The number of hydrogen-bond donors (Lipinski definition) is 1. The van der Waals surface area contributed by atoms with Crippen molar-refractivity contribution in [2.45, 2.75) is 57.5 Å². The lowest BCUT2D eigenvalue weighted by atomic mass is 9.89. The van der Waals surface area contributed by atoms with Gasteiger partial charge in [-0.1, -0.05) is 19.3 Å². The topological polar surface area (TPSA) is 41.3 Å². The highest BCUT2D eigenvalue weighted by molar-refractivity contribution is 5.25. The largest absolute Gasteiger partial charge is 0.432 e. The van der Waals surface area contributed by atoms with Crippen molar-refractivity contribution in [2.75, 3.05) is 18.5 Å². The van der Waals surface area contributed by atoms with E-state index in [0.29, 0.717) is 0 Å². The molecule has 2 aliphatic rings. The average Bonchev–Trinajstić information content (AvgIpc) is 3.14. The molecule has 0 radical (unpaired) electrons. The standard InChI is InChI=1S/C15H25N3O/c1-18(10-12-5-3-2-4-6-12)15-17-14(11-19-15)9-16-13-7-8-13/h11-13,16H,2-10H2,1H3. The van der Waals surface area contributed by atoms with Crippen LogP contribution in [0.15, 0.2) is 10.7 Å². The van der Waals surface area contributed by atoms with Crippen LogP contribution < -0.4 is 10.2 Å². The van der Waals surface area contributed by atoms with Crippen molar-refractivity contribution < 1.29 is 4.42 Å². The van der Waals surface area contributed by atoms with E-state index in [1.807, 2.05) is 0 Å². The highest BCUT2D eigenvalue weighted by atomic mass is 16.4. The summed E-state index contributed by atoms with van der Waals surface area (Å²) >= 11 is 0. The smallest absolute Gasteiger partial charge is 0.297 e. The second kappa shape index (κ2) is 5.95. The van der Waals surface area contributed by atoms with Gasteiger partial charge in [0.2, 0.25) is 0 Å². The Morgan fingerprint density at radius 1 is 1.26 bits per heavy atom. The minimum Gasteiger partial charge on any atom is -0.432 e. The van der Waals surface area contributed by atoms with E-state index in [2.05, 4.69) is 22.2 Å². The molecule has 2 saturated carbocycles. The summed E-state index contributed by atoms with van der Waals surface area (Å²) in [4.78, 5) is 6.75. The van der Waals surface area contributed by atoms with Crippen LogP contribution in [0.1, 0.15) is 50.6 Å². The quantitative estimate of drug-likeness (QED) is 0.856. The SMILES string of the molecule is CN(CC1CCCCC1)c1nc(CNC2CC2)co1. The van der Waals surface area contributed by atoms with Gasteiger partial charge in [0.1, 0.15) is 6.26 Å². The van der Waals surface area contributed by atoms with E-state index < -0.39 is 0 Å². The molecule has 3 rings (SSSR count). The molecule has 0 aromatic carbocycles. The Hall–Kier alpha value is -1.03. The first-order valence-electron chi connectivity index (χ1n) is 7.70. The van der Waals surface area contributed by atoms with Gasteiger partial charge >= 0.3 is 0 Å². The molecule has 1 heterocycles. The second-order valence-corrected chi connectivity index (χ2v) is 6.16. The van der Waals surface area contributed by atoms with Crippen LogP contribution in [0.25, 0.3) is 0 Å². The van der Waals surface area contributed by atoms with Crippen molar-refractivity contribution in [1.29, 1.82) is 0 Å². The van der Waals surface area contributed by atoms with Crippen molar-refractivity contribution in [3.8, 4) is 0 Å². The molecule has 4 heteroatoms. The molecule has 0 bridgehead atoms. The molecule has 4 nitrogen and oxygen atoms in total. The molecule has 0 amide bonds. The predicted octanol–water partition coefficient (Wildman–Crippen LogP) is 2.94. The zero-order valence-electron chi connectivity index (χ0n) is 11.9. The number of oxazole rings is 1. The van der Waals surface area contributed by atoms with Crippen LogP contribution in [0.2, 0.25) is 0 Å². The van der Waals surface area contributed by atoms with Crippen LogP contribution in [0.3, 0.4) is 0 Å². The fraction of sp³-hybridized carbons (Fsp3) is 0.800. The van der Waals surface area contributed by atoms with Gasteiger partial charge in [0.25, 0.3) is 6.01 Å². The zero-order valence-corrected chi connectivity index (χ0v) is 11.9. The Bertz CT molecular complexity index is 394. The molecule has 2 fully saturated rings. The number of hydrogen-bond acceptors (Lipinski definition) is 4. The molecule has 1 aromatic heterocycles. The third kappa shape index (κ3) is 3.72. The molecular formula is C15H25N3O.